The molecule has 0 aliphatic rings. The van der Waals surface area contributed by atoms with Crippen LogP contribution in [0.4, 0.5) is 0 Å². The Balaban J connectivity index is 1.88. The van der Waals surface area contributed by atoms with Gasteiger partial charge in [0.05, 0.1) is 5.69 Å². The Kier molecular flexibility index (Phi) is 3.66. The fraction of sp³-hybridized carbons (Fsp3) is 0.125. The van der Waals surface area contributed by atoms with Crippen LogP contribution in [-0.2, 0) is 6.54 Å². The molecule has 1 aromatic carbocycles. The first-order chi connectivity index (χ1) is 10.3. The topological polar surface area (TPSA) is 77.0 Å². The van der Waals surface area contributed by atoms with Crippen LogP contribution in [0.3, 0.4) is 0 Å². The molecule has 0 saturated heterocycles. The summed E-state index contributed by atoms with van der Waals surface area (Å²) in [5, 5.41) is 10.5. The van der Waals surface area contributed by atoms with Gasteiger partial charge in [0.1, 0.15) is 6.33 Å². The van der Waals surface area contributed by atoms with Crippen molar-refractivity contribution in [2.75, 3.05) is 6.54 Å². The van der Waals surface area contributed by atoms with Crippen LogP contribution < -0.4 is 5.73 Å². The molecule has 0 unspecified atom stereocenters. The van der Waals surface area contributed by atoms with Crippen molar-refractivity contribution < 1.29 is 5.11 Å². The minimum absolute atomic E-state index is 0.0287. The summed E-state index contributed by atoms with van der Waals surface area (Å²) in [4.78, 5) is 7.72. The zero-order chi connectivity index (χ0) is 14.7. The predicted octanol–water partition coefficient (Wildman–Crippen LogP) is 2.27. The molecule has 0 bridgehead atoms. The van der Waals surface area contributed by atoms with Gasteiger partial charge in [-0.1, -0.05) is 12.1 Å². The van der Waals surface area contributed by atoms with Gasteiger partial charge in [-0.05, 0) is 29.8 Å². The lowest BCUT2D eigenvalue weighted by Gasteiger charge is -2.03. The van der Waals surface area contributed by atoms with E-state index in [1.165, 1.54) is 23.3 Å². The fourth-order valence-corrected chi connectivity index (χ4v) is 2.29. The maximum Gasteiger partial charge on any atom is 0.214 e. The molecule has 0 aliphatic heterocycles. The molecule has 0 radical (unpaired) electrons. The molecule has 106 valence electrons. The molecule has 21 heavy (non-hydrogen) atoms. The van der Waals surface area contributed by atoms with Crippen LogP contribution in [0, 0.1) is 0 Å². The normalized spacial score (nSPS) is 11.5. The first kappa shape index (κ1) is 13.3. The minimum Gasteiger partial charge on any atom is -0.493 e. The first-order valence-corrected chi connectivity index (χ1v) is 6.74. The standard InChI is InChI=1S/C16H16N4O/c17-6-8-20-7-5-13-9-12(2-4-15(13)20)1-3-14-10-16(21)19-11-18-14/h1-5,7,9-11H,6,8,17H2,(H,18,19,21)/b3-1+. The lowest BCUT2D eigenvalue weighted by Crippen LogP contribution is -2.08. The molecule has 3 N–H and O–H groups in total. The third-order valence-corrected chi connectivity index (χ3v) is 3.29. The van der Waals surface area contributed by atoms with Gasteiger partial charge in [-0.15, -0.1) is 0 Å². The van der Waals surface area contributed by atoms with Crippen LogP contribution in [-0.4, -0.2) is 26.2 Å². The van der Waals surface area contributed by atoms with Crippen LogP contribution in [0.15, 0.2) is 42.9 Å². The largest absolute Gasteiger partial charge is 0.493 e. The van der Waals surface area contributed by atoms with E-state index in [0.717, 1.165) is 12.1 Å². The quantitative estimate of drug-likeness (QED) is 0.768. The molecule has 5 heteroatoms. The van der Waals surface area contributed by atoms with Crippen LogP contribution >= 0.6 is 0 Å². The highest BCUT2D eigenvalue weighted by Gasteiger charge is 2.00. The van der Waals surface area contributed by atoms with E-state index < -0.39 is 0 Å². The second-order valence-electron chi connectivity index (χ2n) is 4.75. The molecule has 0 aliphatic carbocycles. The summed E-state index contributed by atoms with van der Waals surface area (Å²) < 4.78 is 2.14. The second-order valence-corrected chi connectivity index (χ2v) is 4.75. The summed E-state index contributed by atoms with van der Waals surface area (Å²) in [7, 11) is 0. The van der Waals surface area contributed by atoms with Crippen LogP contribution in [0.25, 0.3) is 23.1 Å². The number of hydrogen-bond donors (Lipinski definition) is 2. The van der Waals surface area contributed by atoms with Gasteiger partial charge in [0, 0.05) is 36.3 Å². The molecule has 0 spiro atoms. The summed E-state index contributed by atoms with van der Waals surface area (Å²) in [6, 6.07) is 9.85. The van der Waals surface area contributed by atoms with E-state index in [4.69, 9.17) is 5.73 Å². The van der Waals surface area contributed by atoms with Gasteiger partial charge in [0.2, 0.25) is 5.88 Å². The monoisotopic (exact) mass is 280 g/mol. The fourth-order valence-electron chi connectivity index (χ4n) is 2.29. The number of aromatic hydroxyl groups is 1. The van der Waals surface area contributed by atoms with Crippen molar-refractivity contribution in [1.29, 1.82) is 0 Å². The molecule has 3 rings (SSSR count). The number of rotatable bonds is 4. The van der Waals surface area contributed by atoms with Gasteiger partial charge >= 0.3 is 0 Å². The zero-order valence-electron chi connectivity index (χ0n) is 11.5. The van der Waals surface area contributed by atoms with Crippen LogP contribution in [0.5, 0.6) is 5.88 Å². The van der Waals surface area contributed by atoms with Gasteiger partial charge in [-0.2, -0.15) is 0 Å². The number of aromatic nitrogens is 3. The lowest BCUT2D eigenvalue weighted by atomic mass is 10.1. The zero-order valence-corrected chi connectivity index (χ0v) is 11.5. The first-order valence-electron chi connectivity index (χ1n) is 6.74. The van der Waals surface area contributed by atoms with E-state index in [9.17, 15) is 5.11 Å². The summed E-state index contributed by atoms with van der Waals surface area (Å²) in [5.41, 5.74) is 8.52. The number of nitrogens with two attached hydrogens (primary N) is 1. The van der Waals surface area contributed by atoms with Gasteiger partial charge in [0.25, 0.3) is 0 Å². The van der Waals surface area contributed by atoms with E-state index in [1.807, 2.05) is 24.4 Å². The Hall–Kier alpha value is -2.66. The van der Waals surface area contributed by atoms with E-state index in [-0.39, 0.29) is 5.88 Å². The van der Waals surface area contributed by atoms with Crippen LogP contribution in [0.1, 0.15) is 11.3 Å². The van der Waals surface area contributed by atoms with Crippen molar-refractivity contribution in [2.45, 2.75) is 6.54 Å². The Morgan fingerprint density at radius 3 is 2.86 bits per heavy atom. The second kappa shape index (κ2) is 5.76. The molecule has 2 aromatic heterocycles. The maximum atomic E-state index is 9.31. The average Bonchev–Trinajstić information content (AvgIpc) is 2.88. The van der Waals surface area contributed by atoms with Crippen molar-refractivity contribution >= 4 is 23.1 Å². The summed E-state index contributed by atoms with van der Waals surface area (Å²) in [5.74, 6) is -0.0287. The van der Waals surface area contributed by atoms with Crippen LogP contribution in [0.2, 0.25) is 0 Å². The molecule has 2 heterocycles. The minimum atomic E-state index is -0.0287. The van der Waals surface area contributed by atoms with Crippen molar-refractivity contribution in [3.63, 3.8) is 0 Å². The lowest BCUT2D eigenvalue weighted by molar-refractivity contribution is 0.451. The van der Waals surface area contributed by atoms with Gasteiger partial charge in [-0.3, -0.25) is 0 Å². The molecule has 3 aromatic rings. The van der Waals surface area contributed by atoms with E-state index in [1.54, 1.807) is 0 Å². The highest BCUT2D eigenvalue weighted by atomic mass is 16.3. The summed E-state index contributed by atoms with van der Waals surface area (Å²) in [6.45, 7) is 1.45. The Morgan fingerprint density at radius 1 is 1.14 bits per heavy atom. The summed E-state index contributed by atoms with van der Waals surface area (Å²) >= 11 is 0. The van der Waals surface area contributed by atoms with Gasteiger partial charge in [-0.25, -0.2) is 9.97 Å². The molecule has 0 saturated carbocycles. The molecule has 0 amide bonds. The summed E-state index contributed by atoms with van der Waals surface area (Å²) in [6.07, 6.45) is 7.19. The van der Waals surface area contributed by atoms with E-state index in [2.05, 4.69) is 32.7 Å². The Morgan fingerprint density at radius 2 is 2.05 bits per heavy atom. The smallest absolute Gasteiger partial charge is 0.214 e. The number of nitrogens with zero attached hydrogens (tertiary/aromatic N) is 3. The molecular formula is C16H16N4O. The molecule has 0 atom stereocenters. The third-order valence-electron chi connectivity index (χ3n) is 3.29. The van der Waals surface area contributed by atoms with E-state index in [0.29, 0.717) is 12.2 Å². The molecular weight excluding hydrogens is 264 g/mol. The Labute approximate surface area is 122 Å². The van der Waals surface area contributed by atoms with Crippen molar-refractivity contribution in [3.8, 4) is 5.88 Å². The number of benzene rings is 1. The maximum absolute atomic E-state index is 9.31. The Bertz CT molecular complexity index is 792. The predicted molar refractivity (Wildman–Crippen MR) is 83.6 cm³/mol. The van der Waals surface area contributed by atoms with Crippen molar-refractivity contribution in [3.05, 3.63) is 54.1 Å². The number of fused-ring (bicyclic) bond motifs is 1. The number of hydrogen-bond acceptors (Lipinski definition) is 4. The van der Waals surface area contributed by atoms with E-state index >= 15 is 0 Å². The SMILES string of the molecule is NCCn1ccc2cc(/C=C/c3cc(O)ncn3)ccc21. The van der Waals surface area contributed by atoms with Gasteiger partial charge < -0.3 is 15.4 Å². The average molecular weight is 280 g/mol. The van der Waals surface area contributed by atoms with Crippen molar-refractivity contribution in [2.24, 2.45) is 5.73 Å². The third kappa shape index (κ3) is 2.93. The highest BCUT2D eigenvalue weighted by Crippen LogP contribution is 2.19. The van der Waals surface area contributed by atoms with Crippen molar-refractivity contribution in [1.82, 2.24) is 14.5 Å². The molecule has 0 fully saturated rings. The molecule has 5 nitrogen and oxygen atoms in total. The highest BCUT2D eigenvalue weighted by molar-refractivity contribution is 5.84. The van der Waals surface area contributed by atoms with Gasteiger partial charge in [0.15, 0.2) is 0 Å².